The highest BCUT2D eigenvalue weighted by molar-refractivity contribution is 5.98. The number of benzene rings is 1. The normalized spacial score (nSPS) is 16.9. The van der Waals surface area contributed by atoms with Crippen LogP contribution < -0.4 is 0 Å². The Balaban J connectivity index is 2.48. The standard InChI is InChI=1S/C13H10F6O/c14-12(15,16)9-4-8(11(20)7-2-1-3-7)5-10(6-9)13(17,18)19/h4-7H,1-3H2. The van der Waals surface area contributed by atoms with Crippen LogP contribution in [0.15, 0.2) is 18.2 Å². The smallest absolute Gasteiger partial charge is 0.294 e. The number of alkyl halides is 6. The number of hydrogen-bond donors (Lipinski definition) is 0. The van der Waals surface area contributed by atoms with Crippen LogP contribution >= 0.6 is 0 Å². The number of carbonyl (C=O) groups is 1. The van der Waals surface area contributed by atoms with Crippen molar-refractivity contribution in [1.82, 2.24) is 0 Å². The van der Waals surface area contributed by atoms with E-state index < -0.39 is 40.7 Å². The van der Waals surface area contributed by atoms with Gasteiger partial charge in [-0.1, -0.05) is 6.42 Å². The third-order valence-corrected chi connectivity index (χ3v) is 3.35. The second-order valence-corrected chi connectivity index (χ2v) is 4.79. The van der Waals surface area contributed by atoms with Crippen molar-refractivity contribution in [3.05, 3.63) is 34.9 Å². The number of ketones is 1. The number of rotatable bonds is 2. The Morgan fingerprint density at radius 2 is 1.35 bits per heavy atom. The monoisotopic (exact) mass is 296 g/mol. The molecule has 1 aliphatic rings. The molecule has 1 fully saturated rings. The summed E-state index contributed by atoms with van der Waals surface area (Å²) in [5.74, 6) is -1.10. The first-order valence-electron chi connectivity index (χ1n) is 5.93. The van der Waals surface area contributed by atoms with Crippen molar-refractivity contribution in [2.24, 2.45) is 5.92 Å². The Hall–Kier alpha value is -1.53. The quantitative estimate of drug-likeness (QED) is 0.570. The van der Waals surface area contributed by atoms with E-state index in [1.54, 1.807) is 0 Å². The van der Waals surface area contributed by atoms with E-state index in [1.807, 2.05) is 0 Å². The third-order valence-electron chi connectivity index (χ3n) is 3.35. The van der Waals surface area contributed by atoms with Crippen LogP contribution in [0.5, 0.6) is 0 Å². The number of hydrogen-bond acceptors (Lipinski definition) is 1. The molecule has 0 N–H and O–H groups in total. The highest BCUT2D eigenvalue weighted by Crippen LogP contribution is 2.38. The summed E-state index contributed by atoms with van der Waals surface area (Å²) < 4.78 is 75.7. The molecule has 1 aromatic carbocycles. The van der Waals surface area contributed by atoms with Crippen molar-refractivity contribution in [3.63, 3.8) is 0 Å². The zero-order chi connectivity index (χ0) is 15.1. The van der Waals surface area contributed by atoms with Gasteiger partial charge in [-0.05, 0) is 31.0 Å². The van der Waals surface area contributed by atoms with Crippen molar-refractivity contribution in [1.29, 1.82) is 0 Å². The van der Waals surface area contributed by atoms with Crippen LogP contribution in [0.2, 0.25) is 0 Å². The fourth-order valence-corrected chi connectivity index (χ4v) is 2.00. The maximum atomic E-state index is 12.6. The fourth-order valence-electron chi connectivity index (χ4n) is 2.00. The molecule has 1 saturated carbocycles. The molecule has 0 aliphatic heterocycles. The summed E-state index contributed by atoms with van der Waals surface area (Å²) in [4.78, 5) is 11.9. The summed E-state index contributed by atoms with van der Waals surface area (Å²) in [5.41, 5.74) is -3.41. The molecule has 7 heteroatoms. The predicted molar refractivity (Wildman–Crippen MR) is 58.1 cm³/mol. The second-order valence-electron chi connectivity index (χ2n) is 4.79. The molecule has 2 rings (SSSR count). The maximum Gasteiger partial charge on any atom is 0.416 e. The highest BCUT2D eigenvalue weighted by Gasteiger charge is 2.38. The summed E-state index contributed by atoms with van der Waals surface area (Å²) in [7, 11) is 0. The summed E-state index contributed by atoms with van der Waals surface area (Å²) in [6, 6.07) is 1.02. The van der Waals surface area contributed by atoms with Crippen molar-refractivity contribution >= 4 is 5.78 Å². The molecule has 0 radical (unpaired) electrons. The van der Waals surface area contributed by atoms with Gasteiger partial charge >= 0.3 is 12.4 Å². The Morgan fingerprint density at radius 1 is 0.900 bits per heavy atom. The molecule has 20 heavy (non-hydrogen) atoms. The fraction of sp³-hybridized carbons (Fsp3) is 0.462. The lowest BCUT2D eigenvalue weighted by molar-refractivity contribution is -0.143. The Bertz CT molecular complexity index is 492. The Morgan fingerprint density at radius 3 is 1.65 bits per heavy atom. The van der Waals surface area contributed by atoms with Crippen molar-refractivity contribution in [2.45, 2.75) is 31.6 Å². The van der Waals surface area contributed by atoms with Crippen LogP contribution in [0.3, 0.4) is 0 Å². The van der Waals surface area contributed by atoms with E-state index in [1.165, 1.54) is 0 Å². The zero-order valence-corrected chi connectivity index (χ0v) is 10.1. The lowest BCUT2D eigenvalue weighted by atomic mass is 9.79. The SMILES string of the molecule is O=C(c1cc(C(F)(F)F)cc(C(F)(F)F)c1)C1CCC1. The van der Waals surface area contributed by atoms with E-state index in [-0.39, 0.29) is 6.07 Å². The number of carbonyl (C=O) groups excluding carboxylic acids is 1. The molecule has 0 aromatic heterocycles. The Labute approximate surface area is 110 Å². The van der Waals surface area contributed by atoms with Crippen LogP contribution in [-0.4, -0.2) is 5.78 Å². The summed E-state index contributed by atoms with van der Waals surface area (Å²) in [6.07, 6.45) is -8.06. The molecular formula is C13H10F6O. The van der Waals surface area contributed by atoms with E-state index in [4.69, 9.17) is 0 Å². The lowest BCUT2D eigenvalue weighted by Gasteiger charge is -2.24. The predicted octanol–water partition coefficient (Wildman–Crippen LogP) is 4.71. The first-order chi connectivity index (χ1) is 9.09. The molecule has 0 amide bonds. The van der Waals surface area contributed by atoms with Crippen LogP contribution in [0.1, 0.15) is 40.7 Å². The van der Waals surface area contributed by atoms with Gasteiger partial charge in [-0.25, -0.2) is 0 Å². The van der Waals surface area contributed by atoms with Crippen LogP contribution in [0.25, 0.3) is 0 Å². The van der Waals surface area contributed by atoms with Gasteiger partial charge in [-0.3, -0.25) is 4.79 Å². The van der Waals surface area contributed by atoms with Gasteiger partial charge in [0.1, 0.15) is 0 Å². The average molecular weight is 296 g/mol. The van der Waals surface area contributed by atoms with Gasteiger partial charge in [0.2, 0.25) is 0 Å². The molecule has 0 spiro atoms. The van der Waals surface area contributed by atoms with E-state index in [9.17, 15) is 31.1 Å². The largest absolute Gasteiger partial charge is 0.416 e. The minimum absolute atomic E-state index is 0.0254. The number of halogens is 6. The molecule has 0 atom stereocenters. The second kappa shape index (κ2) is 4.79. The lowest BCUT2D eigenvalue weighted by Crippen LogP contribution is -2.23. The van der Waals surface area contributed by atoms with Crippen LogP contribution in [0.4, 0.5) is 26.3 Å². The van der Waals surface area contributed by atoms with Crippen molar-refractivity contribution in [2.75, 3.05) is 0 Å². The zero-order valence-electron chi connectivity index (χ0n) is 10.1. The van der Waals surface area contributed by atoms with E-state index in [2.05, 4.69) is 0 Å². The van der Waals surface area contributed by atoms with Crippen molar-refractivity contribution in [3.8, 4) is 0 Å². The van der Waals surface area contributed by atoms with E-state index in [0.29, 0.717) is 25.0 Å². The minimum atomic E-state index is -4.92. The molecule has 0 heterocycles. The van der Waals surface area contributed by atoms with E-state index >= 15 is 0 Å². The van der Waals surface area contributed by atoms with Gasteiger partial charge in [0.15, 0.2) is 5.78 Å². The van der Waals surface area contributed by atoms with E-state index in [0.717, 1.165) is 6.42 Å². The molecule has 1 aliphatic carbocycles. The first-order valence-corrected chi connectivity index (χ1v) is 5.93. The van der Waals surface area contributed by atoms with Gasteiger partial charge < -0.3 is 0 Å². The number of Topliss-reactive ketones (excluding diaryl/α,β-unsaturated/α-hetero) is 1. The topological polar surface area (TPSA) is 17.1 Å². The Kier molecular flexibility index (Phi) is 3.56. The molecule has 0 unspecified atom stereocenters. The van der Waals surface area contributed by atoms with Gasteiger partial charge in [0.05, 0.1) is 11.1 Å². The summed E-state index contributed by atoms with van der Waals surface area (Å²) >= 11 is 0. The first kappa shape index (κ1) is 14.9. The molecule has 0 bridgehead atoms. The summed E-state index contributed by atoms with van der Waals surface area (Å²) in [6.45, 7) is 0. The third kappa shape index (κ3) is 2.96. The highest BCUT2D eigenvalue weighted by atomic mass is 19.4. The van der Waals surface area contributed by atoms with Gasteiger partial charge in [0.25, 0.3) is 0 Å². The minimum Gasteiger partial charge on any atom is -0.294 e. The average Bonchev–Trinajstić information content (AvgIpc) is 2.23. The molecule has 110 valence electrons. The molecule has 1 aromatic rings. The van der Waals surface area contributed by atoms with Crippen molar-refractivity contribution < 1.29 is 31.1 Å². The molecule has 0 saturated heterocycles. The van der Waals surface area contributed by atoms with Crippen LogP contribution in [0, 0.1) is 5.92 Å². The maximum absolute atomic E-state index is 12.6. The molecular weight excluding hydrogens is 286 g/mol. The summed E-state index contributed by atoms with van der Waals surface area (Å²) in [5, 5.41) is 0. The van der Waals surface area contributed by atoms with Gasteiger partial charge in [-0.15, -0.1) is 0 Å². The van der Waals surface area contributed by atoms with Crippen LogP contribution in [-0.2, 0) is 12.4 Å². The molecule has 1 nitrogen and oxygen atoms in total. The van der Waals surface area contributed by atoms with Gasteiger partial charge in [0, 0.05) is 11.5 Å². The van der Waals surface area contributed by atoms with Gasteiger partial charge in [-0.2, -0.15) is 26.3 Å².